The van der Waals surface area contributed by atoms with Crippen molar-refractivity contribution in [3.8, 4) is 21.9 Å². The van der Waals surface area contributed by atoms with Gasteiger partial charge in [-0.2, -0.15) is 4.31 Å². The molecule has 1 amide bonds. The van der Waals surface area contributed by atoms with Gasteiger partial charge >= 0.3 is 0 Å². The SMILES string of the molecule is COc1ccc(NC(=O)c2ccc(-c3ccc(S(=O)(=O)N4CCOCC4)s3)cc2)c(OC)c1. The van der Waals surface area contributed by atoms with Gasteiger partial charge in [-0.15, -0.1) is 11.3 Å². The summed E-state index contributed by atoms with van der Waals surface area (Å²) in [6, 6.07) is 15.6. The Balaban J connectivity index is 1.48. The predicted molar refractivity (Wildman–Crippen MR) is 127 cm³/mol. The van der Waals surface area contributed by atoms with Crippen LogP contribution in [0.15, 0.2) is 58.8 Å². The maximum absolute atomic E-state index is 12.9. The average Bonchev–Trinajstić information content (AvgIpc) is 3.36. The van der Waals surface area contributed by atoms with Gasteiger partial charge in [0.25, 0.3) is 15.9 Å². The number of carbonyl (C=O) groups excluding carboxylic acids is 1. The van der Waals surface area contributed by atoms with E-state index in [0.717, 1.165) is 10.4 Å². The van der Waals surface area contributed by atoms with Crippen molar-refractivity contribution < 1.29 is 27.4 Å². The Bertz CT molecular complexity index is 1230. The van der Waals surface area contributed by atoms with Crippen LogP contribution in [0.1, 0.15) is 10.4 Å². The molecule has 174 valence electrons. The van der Waals surface area contributed by atoms with Crippen LogP contribution in [0.2, 0.25) is 0 Å². The standard InChI is InChI=1S/C23H24N2O6S2/c1-29-18-7-8-19(20(15-18)30-2)24-23(26)17-5-3-16(4-6-17)21-9-10-22(32-21)33(27,28)25-11-13-31-14-12-25/h3-10,15H,11-14H2,1-2H3,(H,24,26). The Labute approximate surface area is 196 Å². The van der Waals surface area contributed by atoms with Crippen molar-refractivity contribution in [2.24, 2.45) is 0 Å². The first kappa shape index (κ1) is 23.2. The number of anilines is 1. The van der Waals surface area contributed by atoms with Gasteiger partial charge in [0, 0.05) is 29.6 Å². The molecule has 0 spiro atoms. The summed E-state index contributed by atoms with van der Waals surface area (Å²) in [5.74, 6) is 0.832. The van der Waals surface area contributed by atoms with E-state index in [4.69, 9.17) is 14.2 Å². The highest BCUT2D eigenvalue weighted by atomic mass is 32.2. The number of hydrogen-bond donors (Lipinski definition) is 1. The minimum Gasteiger partial charge on any atom is -0.497 e. The van der Waals surface area contributed by atoms with E-state index < -0.39 is 10.0 Å². The van der Waals surface area contributed by atoms with Crippen molar-refractivity contribution in [3.05, 3.63) is 60.2 Å². The number of ether oxygens (including phenoxy) is 3. The summed E-state index contributed by atoms with van der Waals surface area (Å²) in [6.07, 6.45) is 0. The highest BCUT2D eigenvalue weighted by Gasteiger charge is 2.27. The van der Waals surface area contributed by atoms with E-state index in [-0.39, 0.29) is 5.91 Å². The lowest BCUT2D eigenvalue weighted by atomic mass is 10.1. The molecule has 1 saturated heterocycles. The summed E-state index contributed by atoms with van der Waals surface area (Å²) >= 11 is 1.21. The van der Waals surface area contributed by atoms with Gasteiger partial charge in [0.1, 0.15) is 15.7 Å². The Morgan fingerprint density at radius 1 is 1.00 bits per heavy atom. The van der Waals surface area contributed by atoms with E-state index in [1.54, 1.807) is 61.7 Å². The highest BCUT2D eigenvalue weighted by molar-refractivity contribution is 7.91. The number of amides is 1. The van der Waals surface area contributed by atoms with Crippen molar-refractivity contribution >= 4 is 33.0 Å². The topological polar surface area (TPSA) is 94.2 Å². The van der Waals surface area contributed by atoms with E-state index in [9.17, 15) is 13.2 Å². The zero-order valence-corrected chi connectivity index (χ0v) is 19.9. The molecule has 0 bridgehead atoms. The number of hydrogen-bond acceptors (Lipinski definition) is 7. The number of nitrogens with one attached hydrogen (secondary N) is 1. The molecule has 1 aliphatic heterocycles. The van der Waals surface area contributed by atoms with Crippen LogP contribution in [0.25, 0.3) is 10.4 Å². The van der Waals surface area contributed by atoms with Crippen molar-refractivity contribution in [2.75, 3.05) is 45.8 Å². The Hall–Kier alpha value is -2.92. The third-order valence-electron chi connectivity index (χ3n) is 5.23. The molecule has 2 aromatic carbocycles. The van der Waals surface area contributed by atoms with Crippen LogP contribution in [-0.4, -0.2) is 59.2 Å². The summed E-state index contributed by atoms with van der Waals surface area (Å²) in [6.45, 7) is 1.53. The van der Waals surface area contributed by atoms with Gasteiger partial charge in [0.2, 0.25) is 0 Å². The summed E-state index contributed by atoms with van der Waals surface area (Å²) in [7, 11) is -0.450. The third-order valence-corrected chi connectivity index (χ3v) is 8.73. The van der Waals surface area contributed by atoms with Crippen LogP contribution in [-0.2, 0) is 14.8 Å². The van der Waals surface area contributed by atoms with Crippen LogP contribution >= 0.6 is 11.3 Å². The predicted octanol–water partition coefficient (Wildman–Crippen LogP) is 3.71. The maximum atomic E-state index is 12.9. The molecule has 0 atom stereocenters. The van der Waals surface area contributed by atoms with E-state index in [1.165, 1.54) is 22.8 Å². The molecule has 1 fully saturated rings. The second kappa shape index (κ2) is 9.92. The second-order valence-corrected chi connectivity index (χ2v) is 10.5. The Morgan fingerprint density at radius 2 is 1.73 bits per heavy atom. The number of morpholine rings is 1. The third kappa shape index (κ3) is 5.03. The normalized spacial score (nSPS) is 14.6. The van der Waals surface area contributed by atoms with E-state index in [0.29, 0.717) is 53.3 Å². The fourth-order valence-corrected chi connectivity index (χ4v) is 6.28. The molecule has 1 aliphatic rings. The van der Waals surface area contributed by atoms with E-state index in [1.807, 2.05) is 0 Å². The van der Waals surface area contributed by atoms with Crippen LogP contribution in [0.3, 0.4) is 0 Å². The molecule has 1 N–H and O–H groups in total. The van der Waals surface area contributed by atoms with Crippen LogP contribution < -0.4 is 14.8 Å². The zero-order chi connectivity index (χ0) is 23.4. The fraction of sp³-hybridized carbons (Fsp3) is 0.261. The number of nitrogens with zero attached hydrogens (tertiary/aromatic N) is 1. The molecule has 2 heterocycles. The molecule has 0 saturated carbocycles. The number of benzene rings is 2. The van der Waals surface area contributed by atoms with E-state index >= 15 is 0 Å². The van der Waals surface area contributed by atoms with Crippen molar-refractivity contribution in [1.29, 1.82) is 0 Å². The number of thiophene rings is 1. The molecule has 0 unspecified atom stereocenters. The number of rotatable bonds is 7. The molecule has 0 radical (unpaired) electrons. The first-order valence-corrected chi connectivity index (χ1v) is 12.5. The van der Waals surface area contributed by atoms with Crippen LogP contribution in [0, 0.1) is 0 Å². The van der Waals surface area contributed by atoms with Crippen LogP contribution in [0.4, 0.5) is 5.69 Å². The molecule has 3 aromatic rings. The summed E-state index contributed by atoms with van der Waals surface area (Å²) < 4.78 is 43.2. The average molecular weight is 489 g/mol. The van der Waals surface area contributed by atoms with Gasteiger partial charge in [-0.25, -0.2) is 8.42 Å². The monoisotopic (exact) mass is 488 g/mol. The number of carbonyl (C=O) groups is 1. The zero-order valence-electron chi connectivity index (χ0n) is 18.2. The number of sulfonamides is 1. The van der Waals surface area contributed by atoms with Crippen LogP contribution in [0.5, 0.6) is 11.5 Å². The fourth-order valence-electron chi connectivity index (χ4n) is 3.41. The summed E-state index contributed by atoms with van der Waals surface area (Å²) in [5.41, 5.74) is 1.83. The van der Waals surface area contributed by atoms with Gasteiger partial charge < -0.3 is 19.5 Å². The second-order valence-electron chi connectivity index (χ2n) is 7.23. The molecule has 4 rings (SSSR count). The first-order chi connectivity index (χ1) is 15.9. The highest BCUT2D eigenvalue weighted by Crippen LogP contribution is 2.33. The van der Waals surface area contributed by atoms with Gasteiger partial charge in [0.15, 0.2) is 0 Å². The molecule has 1 aromatic heterocycles. The lowest BCUT2D eigenvalue weighted by Gasteiger charge is -2.25. The minimum absolute atomic E-state index is 0.285. The Kier molecular flexibility index (Phi) is 6.99. The first-order valence-electron chi connectivity index (χ1n) is 10.2. The Morgan fingerprint density at radius 3 is 2.39 bits per heavy atom. The quantitative estimate of drug-likeness (QED) is 0.545. The molecule has 10 heteroatoms. The lowest BCUT2D eigenvalue weighted by Crippen LogP contribution is -2.40. The summed E-state index contributed by atoms with van der Waals surface area (Å²) in [5, 5.41) is 2.84. The lowest BCUT2D eigenvalue weighted by molar-refractivity contribution is 0.0731. The van der Waals surface area contributed by atoms with Gasteiger partial charge in [0.05, 0.1) is 33.1 Å². The number of methoxy groups -OCH3 is 2. The maximum Gasteiger partial charge on any atom is 0.255 e. The van der Waals surface area contributed by atoms with Gasteiger partial charge in [-0.3, -0.25) is 4.79 Å². The van der Waals surface area contributed by atoms with Crippen molar-refractivity contribution in [1.82, 2.24) is 4.31 Å². The molecule has 0 aliphatic carbocycles. The molecule has 8 nitrogen and oxygen atoms in total. The molecule has 33 heavy (non-hydrogen) atoms. The van der Waals surface area contributed by atoms with Gasteiger partial charge in [-0.05, 0) is 42.0 Å². The van der Waals surface area contributed by atoms with Crippen molar-refractivity contribution in [2.45, 2.75) is 4.21 Å². The van der Waals surface area contributed by atoms with Crippen molar-refractivity contribution in [3.63, 3.8) is 0 Å². The van der Waals surface area contributed by atoms with E-state index in [2.05, 4.69) is 5.32 Å². The molecular weight excluding hydrogens is 464 g/mol. The molecular formula is C23H24N2O6S2. The van der Waals surface area contributed by atoms with Gasteiger partial charge in [-0.1, -0.05) is 12.1 Å². The summed E-state index contributed by atoms with van der Waals surface area (Å²) in [4.78, 5) is 13.5. The minimum atomic E-state index is -3.53. The largest absolute Gasteiger partial charge is 0.497 e. The smallest absolute Gasteiger partial charge is 0.255 e.